The molecule has 3 heterocycles. The first-order chi connectivity index (χ1) is 10.9. The maximum absolute atomic E-state index is 4.44. The fraction of sp³-hybridized carbons (Fsp3) is 0.222. The number of pyridine rings is 2. The van der Waals surface area contributed by atoms with Crippen LogP contribution in [0.2, 0.25) is 0 Å². The van der Waals surface area contributed by atoms with Crippen LogP contribution in [0.25, 0.3) is 0 Å². The van der Waals surface area contributed by atoms with E-state index in [0.717, 1.165) is 31.0 Å². The summed E-state index contributed by atoms with van der Waals surface area (Å²) in [5, 5.41) is 3.37. The van der Waals surface area contributed by atoms with Gasteiger partial charge < -0.3 is 5.32 Å². The van der Waals surface area contributed by atoms with E-state index >= 15 is 0 Å². The van der Waals surface area contributed by atoms with Gasteiger partial charge in [0.15, 0.2) is 0 Å². The Balaban J connectivity index is 1.69. The third-order valence-electron chi connectivity index (χ3n) is 3.54. The highest BCUT2D eigenvalue weighted by Crippen LogP contribution is 2.09. The van der Waals surface area contributed by atoms with Crippen LogP contribution in [0, 0.1) is 0 Å². The number of hydrogen-bond acceptors (Lipinski definition) is 4. The Morgan fingerprint density at radius 1 is 0.909 bits per heavy atom. The molecule has 3 rings (SSSR count). The van der Waals surface area contributed by atoms with Crippen molar-refractivity contribution in [3.05, 3.63) is 84.6 Å². The largest absolute Gasteiger partial charge is 0.383 e. The molecule has 4 heteroatoms. The lowest BCUT2D eigenvalue weighted by molar-refractivity contribution is 0.238. The van der Waals surface area contributed by atoms with Gasteiger partial charge in [-0.25, -0.2) is 0 Å². The summed E-state index contributed by atoms with van der Waals surface area (Å²) in [6, 6.07) is 12.4. The molecule has 22 heavy (non-hydrogen) atoms. The predicted octanol–water partition coefficient (Wildman–Crippen LogP) is 2.52. The lowest BCUT2D eigenvalue weighted by Crippen LogP contribution is -2.38. The normalized spacial score (nSPS) is 16.7. The van der Waals surface area contributed by atoms with E-state index in [4.69, 9.17) is 0 Å². The summed E-state index contributed by atoms with van der Waals surface area (Å²) in [5.74, 6) is 0. The highest BCUT2D eigenvalue weighted by molar-refractivity contribution is 5.13. The Morgan fingerprint density at radius 2 is 1.59 bits per heavy atom. The van der Waals surface area contributed by atoms with Crippen LogP contribution in [0.15, 0.2) is 73.2 Å². The zero-order chi connectivity index (χ0) is 15.0. The van der Waals surface area contributed by atoms with Crippen LogP contribution in [-0.2, 0) is 13.1 Å². The van der Waals surface area contributed by atoms with Crippen LogP contribution >= 0.6 is 0 Å². The van der Waals surface area contributed by atoms with Crippen LogP contribution in [-0.4, -0.2) is 27.5 Å². The number of allylic oxidation sites excluding steroid dienone is 2. The van der Waals surface area contributed by atoms with E-state index in [1.165, 1.54) is 0 Å². The van der Waals surface area contributed by atoms with Gasteiger partial charge in [-0.2, -0.15) is 0 Å². The number of rotatable bonds is 6. The van der Waals surface area contributed by atoms with E-state index in [2.05, 4.69) is 44.5 Å². The monoisotopic (exact) mass is 292 g/mol. The molecule has 2 aromatic heterocycles. The molecule has 0 aliphatic carbocycles. The van der Waals surface area contributed by atoms with Gasteiger partial charge in [-0.1, -0.05) is 24.3 Å². The Bertz CT molecular complexity index is 581. The van der Waals surface area contributed by atoms with Crippen LogP contribution in [0.5, 0.6) is 0 Å². The first-order valence-corrected chi connectivity index (χ1v) is 7.52. The van der Waals surface area contributed by atoms with Crippen LogP contribution < -0.4 is 5.32 Å². The number of aromatic nitrogens is 2. The quantitative estimate of drug-likeness (QED) is 0.888. The summed E-state index contributed by atoms with van der Waals surface area (Å²) in [5.41, 5.74) is 2.16. The van der Waals surface area contributed by atoms with Crippen LogP contribution in [0.1, 0.15) is 11.4 Å². The summed E-state index contributed by atoms with van der Waals surface area (Å²) >= 11 is 0. The summed E-state index contributed by atoms with van der Waals surface area (Å²) < 4.78 is 0. The molecular weight excluding hydrogens is 272 g/mol. The van der Waals surface area contributed by atoms with Gasteiger partial charge in [-0.15, -0.1) is 0 Å². The van der Waals surface area contributed by atoms with E-state index < -0.39 is 0 Å². The molecule has 0 spiro atoms. The summed E-state index contributed by atoms with van der Waals surface area (Å²) in [6.45, 7) is 2.54. The SMILES string of the molecule is C1=CNC(CN(Cc2ccccn2)Cc2ccccn2)C=C1. The molecule has 0 bridgehead atoms. The first-order valence-electron chi connectivity index (χ1n) is 7.52. The van der Waals surface area contributed by atoms with Crippen molar-refractivity contribution in [2.45, 2.75) is 19.1 Å². The van der Waals surface area contributed by atoms with Gasteiger partial charge in [0.2, 0.25) is 0 Å². The lowest BCUT2D eigenvalue weighted by Gasteiger charge is -2.26. The number of nitrogens with one attached hydrogen (secondary N) is 1. The number of dihydropyridines is 1. The van der Waals surface area contributed by atoms with Crippen LogP contribution in [0.4, 0.5) is 0 Å². The minimum atomic E-state index is 0.317. The van der Waals surface area contributed by atoms with E-state index in [9.17, 15) is 0 Å². The molecule has 112 valence electrons. The van der Waals surface area contributed by atoms with Crippen molar-refractivity contribution in [3.8, 4) is 0 Å². The second-order valence-electron chi connectivity index (χ2n) is 5.33. The molecule has 1 aliphatic rings. The molecule has 4 nitrogen and oxygen atoms in total. The number of nitrogens with zero attached hydrogens (tertiary/aromatic N) is 3. The Labute approximate surface area is 131 Å². The average molecular weight is 292 g/mol. The van der Waals surface area contributed by atoms with Crippen molar-refractivity contribution in [2.75, 3.05) is 6.54 Å². The van der Waals surface area contributed by atoms with Gasteiger partial charge in [0.05, 0.1) is 17.4 Å². The standard InChI is InChI=1S/C18H20N4/c1-4-10-19-16(7-1)13-22(14-17-8-2-5-11-20-17)15-18-9-3-6-12-21-18/h1-12,16,19H,13-15H2. The predicted molar refractivity (Wildman–Crippen MR) is 87.8 cm³/mol. The average Bonchev–Trinajstić information content (AvgIpc) is 2.57. The molecule has 2 aromatic rings. The fourth-order valence-electron chi connectivity index (χ4n) is 2.51. The van der Waals surface area contributed by atoms with Gasteiger partial charge in [-0.3, -0.25) is 14.9 Å². The summed E-state index contributed by atoms with van der Waals surface area (Å²) in [4.78, 5) is 11.2. The molecule has 1 atom stereocenters. The smallest absolute Gasteiger partial charge is 0.0569 e. The molecular formula is C18H20N4. The molecule has 0 radical (unpaired) electrons. The van der Waals surface area contributed by atoms with Gasteiger partial charge in [0.25, 0.3) is 0 Å². The van der Waals surface area contributed by atoms with Crippen LogP contribution in [0.3, 0.4) is 0 Å². The molecule has 1 N–H and O–H groups in total. The topological polar surface area (TPSA) is 41.0 Å². The van der Waals surface area contributed by atoms with Crippen molar-refractivity contribution in [3.63, 3.8) is 0 Å². The fourth-order valence-corrected chi connectivity index (χ4v) is 2.51. The van der Waals surface area contributed by atoms with E-state index in [0.29, 0.717) is 6.04 Å². The highest BCUT2D eigenvalue weighted by Gasteiger charge is 2.14. The molecule has 0 saturated heterocycles. The Morgan fingerprint density at radius 3 is 2.09 bits per heavy atom. The minimum Gasteiger partial charge on any atom is -0.383 e. The number of hydrogen-bond donors (Lipinski definition) is 1. The molecule has 1 aliphatic heterocycles. The Kier molecular flexibility index (Phi) is 4.95. The summed E-state index contributed by atoms with van der Waals surface area (Å²) in [7, 11) is 0. The maximum atomic E-state index is 4.44. The molecule has 0 aromatic carbocycles. The van der Waals surface area contributed by atoms with Gasteiger partial charge >= 0.3 is 0 Å². The van der Waals surface area contributed by atoms with Crippen molar-refractivity contribution in [1.29, 1.82) is 0 Å². The third kappa shape index (κ3) is 4.27. The second-order valence-corrected chi connectivity index (χ2v) is 5.33. The van der Waals surface area contributed by atoms with Crippen molar-refractivity contribution in [1.82, 2.24) is 20.2 Å². The lowest BCUT2D eigenvalue weighted by atomic mass is 10.2. The zero-order valence-corrected chi connectivity index (χ0v) is 12.5. The van der Waals surface area contributed by atoms with Gasteiger partial charge in [-0.05, 0) is 36.5 Å². The van der Waals surface area contributed by atoms with E-state index in [-0.39, 0.29) is 0 Å². The molecule has 1 unspecified atom stereocenters. The highest BCUT2D eigenvalue weighted by atomic mass is 15.2. The van der Waals surface area contributed by atoms with Gasteiger partial charge in [0, 0.05) is 32.0 Å². The maximum Gasteiger partial charge on any atom is 0.0569 e. The third-order valence-corrected chi connectivity index (χ3v) is 3.54. The zero-order valence-electron chi connectivity index (χ0n) is 12.5. The Hall–Kier alpha value is -2.46. The minimum absolute atomic E-state index is 0.317. The van der Waals surface area contributed by atoms with Crippen molar-refractivity contribution in [2.24, 2.45) is 0 Å². The van der Waals surface area contributed by atoms with E-state index in [1.54, 1.807) is 0 Å². The molecule has 0 amide bonds. The molecule has 0 fully saturated rings. The van der Waals surface area contributed by atoms with Crippen molar-refractivity contribution >= 4 is 0 Å². The second kappa shape index (κ2) is 7.52. The van der Waals surface area contributed by atoms with E-state index in [1.807, 2.05) is 48.9 Å². The van der Waals surface area contributed by atoms with Gasteiger partial charge in [0.1, 0.15) is 0 Å². The molecule has 0 saturated carbocycles. The van der Waals surface area contributed by atoms with Crippen molar-refractivity contribution < 1.29 is 0 Å². The first kappa shape index (κ1) is 14.5. The summed E-state index contributed by atoms with van der Waals surface area (Å²) in [6.07, 6.45) is 12.0.